The number of amides is 1. The van der Waals surface area contributed by atoms with Crippen molar-refractivity contribution in [2.24, 2.45) is 5.92 Å². The summed E-state index contributed by atoms with van der Waals surface area (Å²) in [4.78, 5) is 19.0. The van der Waals surface area contributed by atoms with E-state index in [2.05, 4.69) is 74.1 Å². The van der Waals surface area contributed by atoms with E-state index < -0.39 is 11.7 Å². The van der Waals surface area contributed by atoms with E-state index >= 15 is 0 Å². The van der Waals surface area contributed by atoms with Gasteiger partial charge in [-0.15, -0.1) is 11.3 Å². The summed E-state index contributed by atoms with van der Waals surface area (Å²) in [5.41, 5.74) is 2.59. The number of halogens is 3. The number of benzene rings is 2. The van der Waals surface area contributed by atoms with Crippen molar-refractivity contribution >= 4 is 17.2 Å². The summed E-state index contributed by atoms with van der Waals surface area (Å²) in [6, 6.07) is 13.8. The molecule has 3 rings (SSSR count). The van der Waals surface area contributed by atoms with Crippen molar-refractivity contribution in [1.82, 2.24) is 15.2 Å². The van der Waals surface area contributed by atoms with E-state index in [1.165, 1.54) is 29.0 Å². The Balaban J connectivity index is 1.78. The lowest BCUT2D eigenvalue weighted by Gasteiger charge is -2.23. The molecule has 0 saturated heterocycles. The highest BCUT2D eigenvalue weighted by molar-refractivity contribution is 7.09. The molecule has 200 valence electrons. The topological polar surface area (TPSA) is 45.2 Å². The maximum Gasteiger partial charge on any atom is 0.416 e. The summed E-state index contributed by atoms with van der Waals surface area (Å²) >= 11 is 1.39. The van der Waals surface area contributed by atoms with Crippen LogP contribution in [0.1, 0.15) is 78.8 Å². The van der Waals surface area contributed by atoms with Crippen molar-refractivity contribution in [1.29, 1.82) is 0 Å². The summed E-state index contributed by atoms with van der Waals surface area (Å²) in [7, 11) is 0. The molecule has 1 amide bonds. The molecule has 0 radical (unpaired) electrons. The van der Waals surface area contributed by atoms with Crippen molar-refractivity contribution in [2.45, 2.75) is 72.3 Å². The first kappa shape index (κ1) is 28.9. The second-order valence-corrected chi connectivity index (χ2v) is 11.8. The zero-order valence-corrected chi connectivity index (χ0v) is 23.0. The van der Waals surface area contributed by atoms with E-state index in [1.807, 2.05) is 0 Å². The van der Waals surface area contributed by atoms with Crippen molar-refractivity contribution in [3.8, 4) is 0 Å². The Morgan fingerprint density at radius 3 is 2.27 bits per heavy atom. The molecular formula is C29H36F3N3OS. The smallest absolute Gasteiger partial charge is 0.351 e. The summed E-state index contributed by atoms with van der Waals surface area (Å²) in [6.45, 7) is 12.5. The molecule has 0 fully saturated rings. The van der Waals surface area contributed by atoms with Gasteiger partial charge in [0.05, 0.1) is 12.1 Å². The number of hydrogen-bond donors (Lipinski definition) is 1. The number of nitrogens with zero attached hydrogens (tertiary/aromatic N) is 2. The minimum absolute atomic E-state index is 0.0310. The fraction of sp³-hybridized carbons (Fsp3) is 0.448. The third kappa shape index (κ3) is 8.97. The predicted octanol–water partition coefficient (Wildman–Crippen LogP) is 7.44. The molecule has 37 heavy (non-hydrogen) atoms. The van der Waals surface area contributed by atoms with Gasteiger partial charge in [0.25, 0.3) is 5.91 Å². The lowest BCUT2D eigenvalue weighted by atomic mass is 9.87. The average Bonchev–Trinajstić information content (AvgIpc) is 3.27. The van der Waals surface area contributed by atoms with Crippen LogP contribution < -0.4 is 5.32 Å². The molecule has 0 spiro atoms. The molecule has 0 unspecified atom stereocenters. The molecule has 0 saturated carbocycles. The number of thiazole rings is 1. The highest BCUT2D eigenvalue weighted by atomic mass is 32.1. The van der Waals surface area contributed by atoms with Crippen LogP contribution in [0.3, 0.4) is 0 Å². The van der Waals surface area contributed by atoms with Crippen LogP contribution in [0.15, 0.2) is 53.9 Å². The van der Waals surface area contributed by atoms with Gasteiger partial charge in [-0.25, -0.2) is 4.98 Å². The van der Waals surface area contributed by atoms with Crippen LogP contribution in [0.2, 0.25) is 0 Å². The number of hydrogen-bond acceptors (Lipinski definition) is 4. The quantitative estimate of drug-likeness (QED) is 0.296. The van der Waals surface area contributed by atoms with Crippen molar-refractivity contribution in [2.75, 3.05) is 6.54 Å². The largest absolute Gasteiger partial charge is 0.416 e. The SMILES string of the molecule is CC(C)CCNC(=O)c1csc(CN(Cc2ccc(C(C)(C)C)cc2)Cc2cccc(C(F)(F)F)c2)n1. The van der Waals surface area contributed by atoms with E-state index in [4.69, 9.17) is 0 Å². The van der Waals surface area contributed by atoms with Gasteiger partial charge in [0.1, 0.15) is 10.7 Å². The van der Waals surface area contributed by atoms with Crippen LogP contribution in [0.25, 0.3) is 0 Å². The Kier molecular flexibility index (Phi) is 9.53. The van der Waals surface area contributed by atoms with E-state index in [0.29, 0.717) is 43.4 Å². The number of aromatic nitrogens is 1. The first-order chi connectivity index (χ1) is 17.3. The van der Waals surface area contributed by atoms with Crippen molar-refractivity contribution < 1.29 is 18.0 Å². The van der Waals surface area contributed by atoms with Gasteiger partial charge in [-0.1, -0.05) is 77.1 Å². The summed E-state index contributed by atoms with van der Waals surface area (Å²) in [5, 5.41) is 5.38. The van der Waals surface area contributed by atoms with Crippen LogP contribution >= 0.6 is 11.3 Å². The Labute approximate surface area is 221 Å². The van der Waals surface area contributed by atoms with Crippen LogP contribution in [-0.2, 0) is 31.2 Å². The molecule has 0 aliphatic rings. The Morgan fingerprint density at radius 1 is 0.973 bits per heavy atom. The molecule has 0 aliphatic carbocycles. The monoisotopic (exact) mass is 531 g/mol. The number of carbonyl (C=O) groups is 1. The minimum Gasteiger partial charge on any atom is -0.351 e. The minimum atomic E-state index is -4.39. The number of nitrogens with one attached hydrogen (secondary N) is 1. The summed E-state index contributed by atoms with van der Waals surface area (Å²) in [5.74, 6) is 0.290. The van der Waals surface area contributed by atoms with Gasteiger partial charge in [0, 0.05) is 25.0 Å². The van der Waals surface area contributed by atoms with Gasteiger partial charge in [-0.3, -0.25) is 9.69 Å². The van der Waals surface area contributed by atoms with Gasteiger partial charge in [-0.2, -0.15) is 13.2 Å². The maximum atomic E-state index is 13.3. The zero-order chi connectivity index (χ0) is 27.2. The maximum absolute atomic E-state index is 13.3. The lowest BCUT2D eigenvalue weighted by molar-refractivity contribution is -0.137. The van der Waals surface area contributed by atoms with Crippen LogP contribution in [0.5, 0.6) is 0 Å². The summed E-state index contributed by atoms with van der Waals surface area (Å²) in [6.07, 6.45) is -3.50. The number of carbonyl (C=O) groups excluding carboxylic acids is 1. The molecule has 1 aromatic heterocycles. The normalized spacial score (nSPS) is 12.4. The highest BCUT2D eigenvalue weighted by Crippen LogP contribution is 2.30. The number of alkyl halides is 3. The third-order valence-electron chi connectivity index (χ3n) is 6.04. The number of rotatable bonds is 10. The predicted molar refractivity (Wildman–Crippen MR) is 143 cm³/mol. The first-order valence-corrected chi connectivity index (χ1v) is 13.4. The lowest BCUT2D eigenvalue weighted by Crippen LogP contribution is -2.26. The van der Waals surface area contributed by atoms with Gasteiger partial charge in [0.2, 0.25) is 0 Å². The van der Waals surface area contributed by atoms with E-state index in [9.17, 15) is 18.0 Å². The third-order valence-corrected chi connectivity index (χ3v) is 6.87. The van der Waals surface area contributed by atoms with Gasteiger partial charge < -0.3 is 5.32 Å². The second-order valence-electron chi connectivity index (χ2n) is 10.9. The molecule has 3 aromatic rings. The Bertz CT molecular complexity index is 1160. The molecule has 2 aromatic carbocycles. The molecule has 0 atom stereocenters. The van der Waals surface area contributed by atoms with E-state index in [-0.39, 0.29) is 11.3 Å². The zero-order valence-electron chi connectivity index (χ0n) is 22.2. The Morgan fingerprint density at radius 2 is 1.65 bits per heavy atom. The molecule has 1 N–H and O–H groups in total. The molecule has 8 heteroatoms. The van der Waals surface area contributed by atoms with E-state index in [1.54, 1.807) is 11.4 Å². The second kappa shape index (κ2) is 12.2. The van der Waals surface area contributed by atoms with Crippen LogP contribution in [-0.4, -0.2) is 22.3 Å². The van der Waals surface area contributed by atoms with Crippen LogP contribution in [0.4, 0.5) is 13.2 Å². The fourth-order valence-electron chi connectivity index (χ4n) is 3.88. The molecule has 0 bridgehead atoms. The molecule has 1 heterocycles. The standard InChI is InChI=1S/C29H36F3N3OS/c1-20(2)13-14-33-27(36)25-19-37-26(34-25)18-35(16-21-9-11-23(12-10-21)28(3,4)5)17-22-7-6-8-24(15-22)29(30,31)32/h6-12,15,19-20H,13-14,16-18H2,1-5H3,(H,33,36). The van der Waals surface area contributed by atoms with Gasteiger partial charge in [0.15, 0.2) is 0 Å². The van der Waals surface area contributed by atoms with Gasteiger partial charge >= 0.3 is 6.18 Å². The summed E-state index contributed by atoms with van der Waals surface area (Å²) < 4.78 is 39.9. The van der Waals surface area contributed by atoms with Gasteiger partial charge in [-0.05, 0) is 40.5 Å². The van der Waals surface area contributed by atoms with Crippen molar-refractivity contribution in [3.05, 3.63) is 86.9 Å². The first-order valence-electron chi connectivity index (χ1n) is 12.5. The molecular weight excluding hydrogens is 495 g/mol. The fourth-order valence-corrected chi connectivity index (χ4v) is 4.70. The van der Waals surface area contributed by atoms with Crippen LogP contribution in [0, 0.1) is 5.92 Å². The molecule has 4 nitrogen and oxygen atoms in total. The van der Waals surface area contributed by atoms with E-state index in [0.717, 1.165) is 23.1 Å². The highest BCUT2D eigenvalue weighted by Gasteiger charge is 2.30. The van der Waals surface area contributed by atoms with Crippen molar-refractivity contribution in [3.63, 3.8) is 0 Å². The average molecular weight is 532 g/mol. The Hall–Kier alpha value is -2.71. The molecule has 0 aliphatic heterocycles.